The summed E-state index contributed by atoms with van der Waals surface area (Å²) in [5.74, 6) is 0.814. The number of nitrogens with one attached hydrogen (secondary N) is 2. The smallest absolute Gasteiger partial charge is 0.287 e. The molecule has 0 fully saturated rings. The van der Waals surface area contributed by atoms with Crippen LogP contribution >= 0.6 is 0 Å². The fraction of sp³-hybridized carbons (Fsp3) is 0.312. The van der Waals surface area contributed by atoms with Gasteiger partial charge in [0.1, 0.15) is 18.5 Å². The Bertz CT molecular complexity index is 924. The summed E-state index contributed by atoms with van der Waals surface area (Å²) in [6.07, 6.45) is -0.991. The first-order valence-corrected chi connectivity index (χ1v) is 9.39. The number of ether oxygens (including phenoxy) is 3. The third-order valence-corrected chi connectivity index (χ3v) is 4.91. The van der Waals surface area contributed by atoms with Gasteiger partial charge >= 0.3 is 0 Å². The molecule has 0 aliphatic carbocycles. The van der Waals surface area contributed by atoms with Gasteiger partial charge in [-0.2, -0.15) is 0 Å². The molecular formula is C16H18N2O8S. The van der Waals surface area contributed by atoms with E-state index in [1.165, 1.54) is 19.2 Å². The molecule has 1 unspecified atom stereocenters. The third kappa shape index (κ3) is 4.51. The lowest BCUT2D eigenvalue weighted by Crippen LogP contribution is -2.35. The number of carbonyl (C=O) groups is 1. The van der Waals surface area contributed by atoms with Gasteiger partial charge in [0.25, 0.3) is 15.9 Å². The highest BCUT2D eigenvalue weighted by Crippen LogP contribution is 2.35. The highest BCUT2D eigenvalue weighted by Gasteiger charge is 2.20. The topological polar surface area (TPSA) is 136 Å². The fourth-order valence-corrected chi connectivity index (χ4v) is 2.85. The molecule has 0 spiro atoms. The molecule has 27 heavy (non-hydrogen) atoms. The number of hydrogen-bond acceptors (Lipinski definition) is 8. The van der Waals surface area contributed by atoms with Crippen LogP contribution in [0.15, 0.2) is 39.8 Å². The Morgan fingerprint density at radius 3 is 2.81 bits per heavy atom. The van der Waals surface area contributed by atoms with Gasteiger partial charge in [-0.3, -0.25) is 4.79 Å². The van der Waals surface area contributed by atoms with Crippen LogP contribution in [0.3, 0.4) is 0 Å². The van der Waals surface area contributed by atoms with Crippen LogP contribution in [0.4, 0.5) is 0 Å². The third-order valence-electron chi connectivity index (χ3n) is 3.62. The Labute approximate surface area is 155 Å². The standard InChI is InChI=1S/C16H18N2O8S/c1-17-27(21,22)15-5-4-13(26-15)16(20)18-7-10(19)8-23-11-2-3-12-14(6-11)25-9-24-12/h2-6,10,17,19H,7-9H2,1H3,(H,18,20). The first-order valence-electron chi connectivity index (χ1n) is 7.91. The lowest BCUT2D eigenvalue weighted by Gasteiger charge is -2.13. The van der Waals surface area contributed by atoms with Gasteiger partial charge < -0.3 is 29.1 Å². The number of sulfonamides is 1. The minimum Gasteiger partial charge on any atom is -0.491 e. The van der Waals surface area contributed by atoms with E-state index >= 15 is 0 Å². The maximum atomic E-state index is 12.0. The van der Waals surface area contributed by atoms with E-state index in [1.54, 1.807) is 18.2 Å². The summed E-state index contributed by atoms with van der Waals surface area (Å²) in [5, 5.41) is 12.0. The van der Waals surface area contributed by atoms with Crippen molar-refractivity contribution in [3.8, 4) is 17.2 Å². The van der Waals surface area contributed by atoms with Gasteiger partial charge in [-0.15, -0.1) is 0 Å². The molecule has 3 rings (SSSR count). The van der Waals surface area contributed by atoms with Gasteiger partial charge in [-0.25, -0.2) is 13.1 Å². The van der Waals surface area contributed by atoms with Crippen LogP contribution in [0.1, 0.15) is 10.6 Å². The number of fused-ring (bicyclic) bond motifs is 1. The number of rotatable bonds is 8. The molecule has 1 aromatic heterocycles. The lowest BCUT2D eigenvalue weighted by molar-refractivity contribution is 0.0817. The SMILES string of the molecule is CNS(=O)(=O)c1ccc(C(=O)NCC(O)COc2ccc3c(c2)OCO3)o1. The number of amides is 1. The summed E-state index contributed by atoms with van der Waals surface area (Å²) < 4.78 is 46.1. The van der Waals surface area contributed by atoms with Crippen LogP contribution in [0.25, 0.3) is 0 Å². The lowest BCUT2D eigenvalue weighted by atomic mass is 10.3. The molecule has 10 nitrogen and oxygen atoms in total. The second kappa shape index (κ2) is 7.86. The first-order chi connectivity index (χ1) is 12.9. The zero-order chi connectivity index (χ0) is 19.4. The minimum absolute atomic E-state index is 0.0720. The maximum Gasteiger partial charge on any atom is 0.287 e. The Hall–Kier alpha value is -2.76. The Balaban J connectivity index is 1.47. The molecule has 1 atom stereocenters. The minimum atomic E-state index is -3.77. The number of furan rings is 1. The van der Waals surface area contributed by atoms with E-state index in [0.717, 1.165) is 0 Å². The van der Waals surface area contributed by atoms with Crippen LogP contribution in [0, 0.1) is 0 Å². The summed E-state index contributed by atoms with van der Waals surface area (Å²) in [6.45, 7) is -0.0345. The first kappa shape index (κ1) is 19.0. The second-order valence-corrected chi connectivity index (χ2v) is 7.33. The van der Waals surface area contributed by atoms with Crippen LogP contribution in [-0.4, -0.2) is 52.5 Å². The van der Waals surface area contributed by atoms with Crippen molar-refractivity contribution < 1.29 is 36.9 Å². The molecule has 1 aromatic carbocycles. The van der Waals surface area contributed by atoms with Crippen molar-refractivity contribution in [1.29, 1.82) is 0 Å². The largest absolute Gasteiger partial charge is 0.491 e. The van der Waals surface area contributed by atoms with Crippen molar-refractivity contribution in [3.05, 3.63) is 36.1 Å². The molecule has 0 saturated heterocycles. The van der Waals surface area contributed by atoms with Crippen LogP contribution < -0.4 is 24.2 Å². The summed E-state index contributed by atoms with van der Waals surface area (Å²) in [4.78, 5) is 12.0. The number of carbonyl (C=O) groups excluding carboxylic acids is 1. The van der Waals surface area contributed by atoms with Gasteiger partial charge in [-0.1, -0.05) is 0 Å². The number of benzene rings is 1. The highest BCUT2D eigenvalue weighted by atomic mass is 32.2. The van der Waals surface area contributed by atoms with Crippen molar-refractivity contribution in [1.82, 2.24) is 10.0 Å². The van der Waals surface area contributed by atoms with Crippen LogP contribution in [-0.2, 0) is 10.0 Å². The maximum absolute atomic E-state index is 12.0. The Kier molecular flexibility index (Phi) is 5.54. The molecule has 3 N–H and O–H groups in total. The molecule has 1 amide bonds. The quantitative estimate of drug-likeness (QED) is 0.569. The van der Waals surface area contributed by atoms with E-state index in [0.29, 0.717) is 17.2 Å². The fourth-order valence-electron chi connectivity index (χ4n) is 2.20. The Morgan fingerprint density at radius 2 is 2.04 bits per heavy atom. The van der Waals surface area contributed by atoms with E-state index in [2.05, 4.69) is 10.0 Å². The molecule has 11 heteroatoms. The highest BCUT2D eigenvalue weighted by molar-refractivity contribution is 7.89. The van der Waals surface area contributed by atoms with Crippen molar-refractivity contribution in [2.24, 2.45) is 0 Å². The molecule has 1 aliphatic rings. The monoisotopic (exact) mass is 398 g/mol. The molecule has 146 valence electrons. The van der Waals surface area contributed by atoms with E-state index < -0.39 is 22.0 Å². The number of aliphatic hydroxyl groups excluding tert-OH is 1. The van der Waals surface area contributed by atoms with Gasteiger partial charge in [0.2, 0.25) is 11.9 Å². The summed E-state index contributed by atoms with van der Waals surface area (Å²) >= 11 is 0. The zero-order valence-electron chi connectivity index (χ0n) is 14.3. The van der Waals surface area contributed by atoms with Crippen LogP contribution in [0.5, 0.6) is 17.2 Å². The molecule has 0 radical (unpaired) electrons. The average Bonchev–Trinajstić information content (AvgIpc) is 3.33. The summed E-state index contributed by atoms with van der Waals surface area (Å²) in [5.41, 5.74) is 0. The molecule has 2 heterocycles. The van der Waals surface area contributed by atoms with E-state index in [4.69, 9.17) is 18.6 Å². The Morgan fingerprint density at radius 1 is 1.26 bits per heavy atom. The van der Waals surface area contributed by atoms with Gasteiger partial charge in [0.05, 0.1) is 0 Å². The molecule has 1 aliphatic heterocycles. The van der Waals surface area contributed by atoms with Gasteiger partial charge in [0.15, 0.2) is 17.3 Å². The molecular weight excluding hydrogens is 380 g/mol. The van der Waals surface area contributed by atoms with Gasteiger partial charge in [0, 0.05) is 12.6 Å². The van der Waals surface area contributed by atoms with E-state index in [9.17, 15) is 18.3 Å². The van der Waals surface area contributed by atoms with E-state index in [-0.39, 0.29) is 30.8 Å². The van der Waals surface area contributed by atoms with Crippen molar-refractivity contribution in [3.63, 3.8) is 0 Å². The zero-order valence-corrected chi connectivity index (χ0v) is 15.1. The van der Waals surface area contributed by atoms with Gasteiger partial charge in [-0.05, 0) is 31.3 Å². The number of hydrogen-bond donors (Lipinski definition) is 3. The predicted molar refractivity (Wildman–Crippen MR) is 91.4 cm³/mol. The van der Waals surface area contributed by atoms with Crippen LogP contribution in [0.2, 0.25) is 0 Å². The average molecular weight is 398 g/mol. The number of aliphatic hydroxyl groups is 1. The predicted octanol–water partition coefficient (Wildman–Crippen LogP) is 0.0861. The second-order valence-electron chi connectivity index (χ2n) is 5.52. The van der Waals surface area contributed by atoms with Crippen molar-refractivity contribution in [2.75, 3.05) is 27.0 Å². The summed E-state index contributed by atoms with van der Waals surface area (Å²) in [6, 6.07) is 7.40. The van der Waals surface area contributed by atoms with E-state index in [1.807, 2.05) is 0 Å². The normalized spacial score (nSPS) is 14.0. The molecule has 2 aromatic rings. The molecule has 0 saturated carbocycles. The molecule has 0 bridgehead atoms. The summed E-state index contributed by atoms with van der Waals surface area (Å²) in [7, 11) is -2.54. The van der Waals surface area contributed by atoms with Crippen molar-refractivity contribution in [2.45, 2.75) is 11.2 Å². The van der Waals surface area contributed by atoms with Crippen molar-refractivity contribution >= 4 is 15.9 Å².